The molecule has 0 saturated heterocycles. The summed E-state index contributed by atoms with van der Waals surface area (Å²) < 4.78 is 5.13. The van der Waals surface area contributed by atoms with Gasteiger partial charge in [-0.05, 0) is 36.2 Å². The predicted molar refractivity (Wildman–Crippen MR) is 115 cm³/mol. The molecule has 0 radical (unpaired) electrons. The first-order valence-corrected chi connectivity index (χ1v) is 9.97. The Morgan fingerprint density at radius 3 is 2.52 bits per heavy atom. The Balaban J connectivity index is 1.40. The fourth-order valence-corrected chi connectivity index (χ4v) is 3.30. The lowest BCUT2D eigenvalue weighted by atomic mass is 10.1. The van der Waals surface area contributed by atoms with Gasteiger partial charge in [0.05, 0.1) is 19.2 Å². The number of ether oxygens (including phenoxy) is 1. The molecule has 150 valence electrons. The van der Waals surface area contributed by atoms with Gasteiger partial charge in [-0.2, -0.15) is 0 Å². The lowest BCUT2D eigenvalue weighted by Crippen LogP contribution is -2.27. The number of aromatic nitrogens is 1. The van der Waals surface area contributed by atoms with E-state index < -0.39 is 0 Å². The highest BCUT2D eigenvalue weighted by atomic mass is 32.1. The van der Waals surface area contributed by atoms with Gasteiger partial charge in [-0.3, -0.25) is 10.1 Å². The first-order chi connectivity index (χ1) is 14.1. The molecule has 0 fully saturated rings. The summed E-state index contributed by atoms with van der Waals surface area (Å²) in [5.41, 5.74) is 2.43. The number of hydrogen-bond acceptors (Lipinski definition) is 5. The third-order valence-electron chi connectivity index (χ3n) is 4.04. The van der Waals surface area contributed by atoms with E-state index in [-0.39, 0.29) is 18.4 Å². The Morgan fingerprint density at radius 1 is 1.03 bits per heavy atom. The smallest absolute Gasteiger partial charge is 0.325 e. The van der Waals surface area contributed by atoms with E-state index >= 15 is 0 Å². The van der Waals surface area contributed by atoms with Crippen LogP contribution in [-0.2, 0) is 17.6 Å². The molecule has 0 bridgehead atoms. The van der Waals surface area contributed by atoms with Crippen molar-refractivity contribution < 1.29 is 14.3 Å². The van der Waals surface area contributed by atoms with Gasteiger partial charge in [0.1, 0.15) is 5.75 Å². The number of para-hydroxylation sites is 1. The zero-order valence-corrected chi connectivity index (χ0v) is 16.8. The first-order valence-electron chi connectivity index (χ1n) is 9.09. The molecule has 3 aromatic rings. The second-order valence-corrected chi connectivity index (χ2v) is 7.07. The second kappa shape index (κ2) is 10.2. The average Bonchev–Trinajstić information content (AvgIpc) is 3.15. The zero-order chi connectivity index (χ0) is 20.5. The van der Waals surface area contributed by atoms with E-state index in [0.29, 0.717) is 23.1 Å². The van der Waals surface area contributed by atoms with Crippen molar-refractivity contribution in [2.45, 2.75) is 12.8 Å². The number of carbonyl (C=O) groups excluding carboxylic acids is 2. The largest absolute Gasteiger partial charge is 0.497 e. The summed E-state index contributed by atoms with van der Waals surface area (Å²) in [6, 6.07) is 16.5. The molecule has 3 amide bonds. The van der Waals surface area contributed by atoms with Crippen LogP contribution < -0.4 is 20.7 Å². The normalized spacial score (nSPS) is 10.2. The molecule has 8 heteroatoms. The van der Waals surface area contributed by atoms with Crippen LogP contribution in [0.25, 0.3) is 0 Å². The molecule has 1 heterocycles. The van der Waals surface area contributed by atoms with Gasteiger partial charge < -0.3 is 15.4 Å². The van der Waals surface area contributed by atoms with E-state index in [1.54, 1.807) is 24.6 Å². The van der Waals surface area contributed by atoms with Crippen molar-refractivity contribution in [3.63, 3.8) is 0 Å². The monoisotopic (exact) mass is 410 g/mol. The van der Waals surface area contributed by atoms with Crippen molar-refractivity contribution >= 4 is 34.1 Å². The van der Waals surface area contributed by atoms with E-state index in [0.717, 1.165) is 17.7 Å². The summed E-state index contributed by atoms with van der Waals surface area (Å²) in [4.78, 5) is 28.4. The highest BCUT2D eigenvalue weighted by Crippen LogP contribution is 2.16. The minimum atomic E-state index is -0.374. The lowest BCUT2D eigenvalue weighted by Gasteiger charge is -2.06. The molecule has 0 spiro atoms. The van der Waals surface area contributed by atoms with Crippen LogP contribution in [0.5, 0.6) is 5.75 Å². The molecular weight excluding hydrogens is 388 g/mol. The minimum Gasteiger partial charge on any atom is -0.497 e. The van der Waals surface area contributed by atoms with Crippen molar-refractivity contribution in [3.05, 3.63) is 71.2 Å². The molecule has 1 aromatic heterocycles. The Kier molecular flexibility index (Phi) is 7.18. The molecule has 0 aliphatic heterocycles. The van der Waals surface area contributed by atoms with Crippen molar-refractivity contribution in [3.8, 4) is 5.75 Å². The number of benzene rings is 2. The predicted octanol–water partition coefficient (Wildman–Crippen LogP) is 3.70. The summed E-state index contributed by atoms with van der Waals surface area (Å²) in [6.45, 7) is 0.542. The minimum absolute atomic E-state index is 0.107. The third-order valence-corrected chi connectivity index (χ3v) is 4.85. The Labute approximate surface area is 173 Å². The number of nitrogens with zero attached hydrogens (tertiary/aromatic N) is 1. The number of carbonyl (C=O) groups is 2. The van der Waals surface area contributed by atoms with Gasteiger partial charge in [0.2, 0.25) is 5.91 Å². The average molecular weight is 410 g/mol. The van der Waals surface area contributed by atoms with Gasteiger partial charge in [-0.25, -0.2) is 9.78 Å². The Hall–Kier alpha value is -3.39. The molecule has 0 aliphatic carbocycles. The fourth-order valence-electron chi connectivity index (χ4n) is 2.59. The van der Waals surface area contributed by atoms with E-state index in [1.807, 2.05) is 42.5 Å². The van der Waals surface area contributed by atoms with Crippen LogP contribution in [0.1, 0.15) is 11.3 Å². The van der Waals surface area contributed by atoms with Gasteiger partial charge in [-0.1, -0.05) is 30.3 Å². The molecular formula is C21H22N4O3S. The molecule has 0 unspecified atom stereocenters. The highest BCUT2D eigenvalue weighted by molar-refractivity contribution is 7.14. The zero-order valence-electron chi connectivity index (χ0n) is 16.0. The van der Waals surface area contributed by atoms with Crippen LogP contribution in [0.15, 0.2) is 60.0 Å². The van der Waals surface area contributed by atoms with Crippen LogP contribution in [0.3, 0.4) is 0 Å². The van der Waals surface area contributed by atoms with Crippen LogP contribution in [-0.4, -0.2) is 30.6 Å². The number of urea groups is 1. The van der Waals surface area contributed by atoms with Gasteiger partial charge in [-0.15, -0.1) is 11.3 Å². The molecule has 2 aromatic carbocycles. The van der Waals surface area contributed by atoms with E-state index in [4.69, 9.17) is 4.74 Å². The number of methoxy groups -OCH3 is 1. The quantitative estimate of drug-likeness (QED) is 0.528. The van der Waals surface area contributed by atoms with Crippen LogP contribution in [0.4, 0.5) is 15.6 Å². The van der Waals surface area contributed by atoms with Crippen molar-refractivity contribution in [1.82, 2.24) is 10.3 Å². The number of amides is 3. The molecule has 7 nitrogen and oxygen atoms in total. The van der Waals surface area contributed by atoms with E-state index in [9.17, 15) is 9.59 Å². The maximum absolute atomic E-state index is 12.1. The molecule has 0 aliphatic rings. The number of hydrogen-bond donors (Lipinski definition) is 3. The summed E-state index contributed by atoms with van der Waals surface area (Å²) in [5.74, 6) is 0.701. The van der Waals surface area contributed by atoms with E-state index in [1.165, 1.54) is 11.3 Å². The Bertz CT molecular complexity index is 942. The number of nitrogens with one attached hydrogen (secondary N) is 3. The molecule has 29 heavy (non-hydrogen) atoms. The molecule has 0 saturated carbocycles. The topological polar surface area (TPSA) is 92.4 Å². The molecule has 0 atom stereocenters. The van der Waals surface area contributed by atoms with Crippen LogP contribution in [0.2, 0.25) is 0 Å². The molecule has 3 rings (SSSR count). The third kappa shape index (κ3) is 6.62. The van der Waals surface area contributed by atoms with Crippen molar-refractivity contribution in [2.24, 2.45) is 0 Å². The number of anilines is 2. The molecule has 3 N–H and O–H groups in total. The maximum atomic E-state index is 12.1. The number of rotatable bonds is 8. The van der Waals surface area contributed by atoms with Crippen LogP contribution in [0, 0.1) is 0 Å². The summed E-state index contributed by atoms with van der Waals surface area (Å²) >= 11 is 1.28. The van der Waals surface area contributed by atoms with Crippen LogP contribution >= 0.6 is 11.3 Å². The Morgan fingerprint density at radius 2 is 1.79 bits per heavy atom. The highest BCUT2D eigenvalue weighted by Gasteiger charge is 2.10. The van der Waals surface area contributed by atoms with E-state index in [2.05, 4.69) is 20.9 Å². The maximum Gasteiger partial charge on any atom is 0.325 e. The summed E-state index contributed by atoms with van der Waals surface area (Å²) in [5, 5.41) is 10.5. The second-order valence-electron chi connectivity index (χ2n) is 6.21. The van der Waals surface area contributed by atoms with Gasteiger partial charge in [0.25, 0.3) is 0 Å². The summed E-state index contributed by atoms with van der Waals surface area (Å²) in [6.07, 6.45) is 0.903. The summed E-state index contributed by atoms with van der Waals surface area (Å²) in [7, 11) is 1.63. The van der Waals surface area contributed by atoms with Crippen molar-refractivity contribution in [1.29, 1.82) is 0 Å². The fraction of sp³-hybridized carbons (Fsp3) is 0.190. The standard InChI is InChI=1S/C21H22N4O3S/c1-28-18-9-7-15(8-10-18)11-12-22-19(26)13-17-14-29-21(24-17)25-20(27)23-16-5-3-2-4-6-16/h2-10,14H,11-13H2,1H3,(H,22,26)(H2,23,24,25,27). The van der Waals surface area contributed by atoms with Crippen molar-refractivity contribution in [2.75, 3.05) is 24.3 Å². The SMILES string of the molecule is COc1ccc(CCNC(=O)Cc2csc(NC(=O)Nc3ccccc3)n2)cc1. The van der Waals surface area contributed by atoms with Gasteiger partial charge >= 0.3 is 6.03 Å². The van der Waals surface area contributed by atoms with Gasteiger partial charge in [0.15, 0.2) is 5.13 Å². The van der Waals surface area contributed by atoms with Gasteiger partial charge in [0, 0.05) is 17.6 Å². The number of thiazole rings is 1. The first kappa shape index (κ1) is 20.3. The lowest BCUT2D eigenvalue weighted by molar-refractivity contribution is -0.120.